The van der Waals surface area contributed by atoms with Crippen LogP contribution in [0.3, 0.4) is 0 Å². The molecule has 1 aliphatic carbocycles. The third kappa shape index (κ3) is 44.1. The van der Waals surface area contributed by atoms with Gasteiger partial charge in [-0.05, 0) is 111 Å². The summed E-state index contributed by atoms with van der Waals surface area (Å²) in [7, 11) is 0. The summed E-state index contributed by atoms with van der Waals surface area (Å²) >= 11 is 1.46. The number of aromatic nitrogens is 2. The highest BCUT2D eigenvalue weighted by atomic mass is 32.2. The van der Waals surface area contributed by atoms with Gasteiger partial charge in [0.25, 0.3) is 0 Å². The third-order valence-corrected chi connectivity index (χ3v) is 26.1. The molecule has 2 aromatic rings. The molecule has 2 bridgehead atoms. The number of fused-ring (bicyclic) bond motifs is 16. The number of imidazole rings is 1. The maximum absolute atomic E-state index is 14.9. The maximum atomic E-state index is 14.9. The Balaban J connectivity index is 1.11. The minimum absolute atomic E-state index is 0.00814. The van der Waals surface area contributed by atoms with Crippen LogP contribution in [0.25, 0.3) is 5.57 Å². The van der Waals surface area contributed by atoms with E-state index in [9.17, 15) is 95.9 Å². The van der Waals surface area contributed by atoms with Crippen LogP contribution in [0.15, 0.2) is 42.9 Å². The minimum Gasteiger partial charge on any atom is -0.370 e. The van der Waals surface area contributed by atoms with Crippen LogP contribution in [0, 0.1) is 41.4 Å². The summed E-state index contributed by atoms with van der Waals surface area (Å²) in [5.41, 5.74) is 30.8. The fourth-order valence-corrected chi connectivity index (χ4v) is 18.0. The van der Waals surface area contributed by atoms with E-state index in [1.54, 1.807) is 33.8 Å². The molecule has 0 saturated carbocycles. The number of amides is 14. The zero-order valence-electron chi connectivity index (χ0n) is 83.1. The monoisotopic (exact) mass is 1990 g/mol. The molecule has 1 aromatic carbocycles. The lowest BCUT2D eigenvalue weighted by atomic mass is 9.88. The number of benzene rings is 1. The summed E-state index contributed by atoms with van der Waals surface area (Å²) in [5.74, 6) is -18.9. The number of H-pyrrole nitrogens is 1. The number of unbranched alkanes of at least 4 members (excludes halogenated alkanes) is 1. The van der Waals surface area contributed by atoms with Gasteiger partial charge in [-0.1, -0.05) is 85.2 Å². The zero-order chi connectivity index (χ0) is 104. The number of thioether (sulfide) groups is 1. The molecule has 43 nitrogen and oxygen atoms in total. The summed E-state index contributed by atoms with van der Waals surface area (Å²) < 4.78 is 0. The molecule has 12 atom stereocenters. The number of primary amides is 4. The fourth-order valence-electron chi connectivity index (χ4n) is 17.5. The Morgan fingerprint density at radius 2 is 1.00 bits per heavy atom. The van der Waals surface area contributed by atoms with Crippen molar-refractivity contribution in [3.05, 3.63) is 59.7 Å². The lowest BCUT2D eigenvalue weighted by Crippen LogP contribution is -2.67. The first-order valence-corrected chi connectivity index (χ1v) is 50.9. The van der Waals surface area contributed by atoms with Crippen molar-refractivity contribution in [2.45, 2.75) is 281 Å². The number of carbonyl (C=O) groups is 20. The molecule has 4 aliphatic heterocycles. The van der Waals surface area contributed by atoms with E-state index < -0.39 is 253 Å². The SMILES string of the molecule is CSCC[C@H](NC(=O)[C@@H](CC(=O)[C@H](Cc1cnc[nH]1)NC(=O)CCC(=O)[C@@H](NC(=O)[C@H](C)CC(=O)[C@H](CC1=CCc2ccccc21)NC(=O)[C@H](CCC(N)=O)CC(=O)[C@H](CC(N)=O)NC(=O)CCC(=O)[C@H](CC(C)C)NC(=O)[C@H](CCCCNC(=O)CCCC(=O)NC12CNCCNCC(N)(CNCCNC1)CNCCNC2)CC(=O)[C@H](CCC(N)=O)NC(=O)[C@@H]1CCC(=O)N1)C(C)C)CC(C)C)C(N)=O. The standard InChI is InChI=1S/C97H155N23O20S/c1-57(2)40-65(94(139)116-69(90(101)135)31-39-141-8)46-80(126)73(47-66-49-109-56-111-66)113-87(133)30-25-76(122)89(59(5)6)119-91(136)60(7)42-77(123)72(43-62-20-19-61-14-9-10-16-67(61)62)118-93(138)64(21-26-81(98)127)45-79(125)74(48-83(100)129)114-86(132)29-24-75(121)71(41-58(3)4)117-92(137)63(44-78(124)68(22-27-82(99)128)115-95(140)70-23-28-85(131)112-70)15-11-12-32-110-84(130)17-13-18-88(134)120-97-53-106-36-33-103-50-96(102,51-104-34-37-107-54-97)52-105-35-38-108-55-97/h9-10,14,16,20,49,56-60,63-65,68-74,89,103-108H,11-13,15,17-19,21-48,50-55,102H2,1-8H3,(H2,98,127)(H2,99,128)(H2,100,129)(H2,101,135)(H,109,111)(H,110,130)(H,112,131)(H,113,133)(H,114,132)(H,115,140)(H,116,139)(H,117,137)(H,118,138)(H,119,136)(H,120,134)/t60-,63-,64-,65-,68+,69+,70+,71+,72+,73+,74+,89+,96?,97?/m1/s1. The molecule has 0 unspecified atom stereocenters. The number of ketones is 6. The minimum atomic E-state index is -1.74. The van der Waals surface area contributed by atoms with E-state index in [4.69, 9.17) is 28.7 Å². The molecule has 5 heterocycles. The second-order valence-corrected chi connectivity index (χ2v) is 40.1. The van der Waals surface area contributed by atoms with Crippen LogP contribution in [0.5, 0.6) is 0 Å². The Hall–Kier alpha value is -11.2. The van der Waals surface area contributed by atoms with Crippen LogP contribution in [0.4, 0.5) is 0 Å². The first-order valence-electron chi connectivity index (χ1n) is 49.5. The van der Waals surface area contributed by atoms with Crippen molar-refractivity contribution in [3.8, 4) is 0 Å². The second-order valence-electron chi connectivity index (χ2n) is 39.1. The number of nitrogens with one attached hydrogen (secondary N) is 17. The van der Waals surface area contributed by atoms with Crippen molar-refractivity contribution in [2.75, 3.05) is 97.1 Å². The van der Waals surface area contributed by atoms with Gasteiger partial charge in [-0.3, -0.25) is 95.9 Å². The molecule has 14 amide bonds. The van der Waals surface area contributed by atoms with Gasteiger partial charge >= 0.3 is 0 Å². The number of nitrogens with two attached hydrogens (primary N) is 5. The Morgan fingerprint density at radius 1 is 0.475 bits per heavy atom. The summed E-state index contributed by atoms with van der Waals surface area (Å²) in [6.45, 7) is 19.1. The van der Waals surface area contributed by atoms with Crippen LogP contribution in [-0.2, 0) is 109 Å². The van der Waals surface area contributed by atoms with E-state index in [0.717, 1.165) is 11.1 Å². The zero-order valence-corrected chi connectivity index (χ0v) is 83.9. The average Bonchev–Trinajstić information content (AvgIpc) is 1.68. The third-order valence-electron chi connectivity index (χ3n) is 25.5. The predicted octanol–water partition coefficient (Wildman–Crippen LogP) is -2.36. The topological polar surface area (TPSA) is 693 Å². The Labute approximate surface area is 829 Å². The van der Waals surface area contributed by atoms with Gasteiger partial charge in [0.1, 0.15) is 12.1 Å². The summed E-state index contributed by atoms with van der Waals surface area (Å²) in [6.07, 6.45) is 1.83. The van der Waals surface area contributed by atoms with Crippen molar-refractivity contribution >= 4 is 135 Å². The highest BCUT2D eigenvalue weighted by molar-refractivity contribution is 7.98. The normalized spacial score (nSPS) is 19.2. The molecule has 4 saturated heterocycles. The van der Waals surface area contributed by atoms with Gasteiger partial charge in [-0.25, -0.2) is 4.98 Å². The molecular weight excluding hydrogens is 1840 g/mol. The van der Waals surface area contributed by atoms with Gasteiger partial charge in [-0.15, -0.1) is 0 Å². The van der Waals surface area contributed by atoms with Gasteiger partial charge < -0.3 is 119 Å². The van der Waals surface area contributed by atoms with E-state index in [-0.39, 0.29) is 139 Å². The Morgan fingerprint density at radius 3 is 1.56 bits per heavy atom. The van der Waals surface area contributed by atoms with E-state index in [0.29, 0.717) is 102 Å². The highest BCUT2D eigenvalue weighted by Crippen LogP contribution is 2.32. The van der Waals surface area contributed by atoms with Crippen LogP contribution >= 0.6 is 11.8 Å². The maximum Gasteiger partial charge on any atom is 0.243 e. The van der Waals surface area contributed by atoms with Gasteiger partial charge in [-0.2, -0.15) is 11.8 Å². The van der Waals surface area contributed by atoms with Crippen molar-refractivity contribution in [1.29, 1.82) is 0 Å². The first kappa shape index (κ1) is 119. The number of allylic oxidation sites excluding steroid dienone is 1. The van der Waals surface area contributed by atoms with E-state index in [1.165, 1.54) is 31.2 Å². The molecule has 4 fully saturated rings. The van der Waals surface area contributed by atoms with E-state index in [2.05, 4.69) is 95.0 Å². The van der Waals surface area contributed by atoms with Crippen LogP contribution in [0.1, 0.15) is 226 Å². The van der Waals surface area contributed by atoms with Gasteiger partial charge in [0.2, 0.25) is 82.7 Å². The van der Waals surface area contributed by atoms with Gasteiger partial charge in [0.05, 0.1) is 60.1 Å². The fraction of sp³-hybridized carbons (Fsp3) is 0.680. The molecule has 0 radical (unpaired) electrons. The quantitative estimate of drug-likeness (QED) is 0.0308. The lowest BCUT2D eigenvalue weighted by Gasteiger charge is -2.37. The molecule has 44 heteroatoms. The lowest BCUT2D eigenvalue weighted by molar-refractivity contribution is -0.136. The number of aromatic amines is 1. The molecule has 0 spiro atoms. The summed E-state index contributed by atoms with van der Waals surface area (Å²) in [6, 6.07) is -2.82. The van der Waals surface area contributed by atoms with Gasteiger partial charge in [0.15, 0.2) is 34.7 Å². The molecule has 141 heavy (non-hydrogen) atoms. The molecular formula is C97H155N23O20S. The number of hydrogen-bond acceptors (Lipinski definition) is 29. The van der Waals surface area contributed by atoms with Crippen molar-refractivity contribution in [3.63, 3.8) is 0 Å². The first-order chi connectivity index (χ1) is 66.9. The Bertz CT molecular complexity index is 4560. The molecule has 784 valence electrons. The van der Waals surface area contributed by atoms with Gasteiger partial charge in [0, 0.05) is 217 Å². The summed E-state index contributed by atoms with van der Waals surface area (Å²) in [4.78, 5) is 282. The molecule has 27 N–H and O–H groups in total. The van der Waals surface area contributed by atoms with Crippen molar-refractivity contribution < 1.29 is 95.9 Å². The molecule has 7 rings (SSSR count). The number of carbonyl (C=O) groups excluding carboxylic acids is 20. The van der Waals surface area contributed by atoms with E-state index >= 15 is 0 Å². The molecule has 5 aliphatic rings. The van der Waals surface area contributed by atoms with Crippen LogP contribution in [0.2, 0.25) is 0 Å². The number of rotatable bonds is 63. The van der Waals surface area contributed by atoms with Crippen LogP contribution in [-0.4, -0.2) is 284 Å². The van der Waals surface area contributed by atoms with Crippen LogP contribution < -0.4 is 114 Å². The smallest absolute Gasteiger partial charge is 0.243 e. The number of hydrogen-bond donors (Lipinski definition) is 22. The largest absolute Gasteiger partial charge is 0.370 e. The second kappa shape index (κ2) is 61.6. The number of Topliss-reactive ketones (excluding diaryl/α,β-unsaturated/α-hetero) is 6. The number of nitrogens with zero attached hydrogens (tertiary/aromatic N) is 1. The summed E-state index contributed by atoms with van der Waals surface area (Å²) in [5, 5.41) is 48.2. The predicted molar refractivity (Wildman–Crippen MR) is 529 cm³/mol. The van der Waals surface area contributed by atoms with Crippen molar-refractivity contribution in [2.24, 2.45) is 70.1 Å². The van der Waals surface area contributed by atoms with E-state index in [1.807, 2.05) is 44.4 Å². The molecule has 1 aromatic heterocycles. The average molecular weight is 2000 g/mol. The Kier molecular flexibility index (Phi) is 51.8. The van der Waals surface area contributed by atoms with Crippen molar-refractivity contribution in [1.82, 2.24) is 95.0 Å². The highest BCUT2D eigenvalue weighted by Gasteiger charge is 2.41.